The van der Waals surface area contributed by atoms with Crippen LogP contribution in [0.4, 0.5) is 0 Å². The molecule has 5 heteroatoms. The fraction of sp³-hybridized carbons (Fsp3) is 0.500. The van der Waals surface area contributed by atoms with E-state index in [-0.39, 0.29) is 0 Å². The molecule has 1 rings (SSSR count). The molecule has 2 N–H and O–H groups in total. The minimum Gasteiger partial charge on any atom is -0.473 e. The van der Waals surface area contributed by atoms with Gasteiger partial charge in [0.05, 0.1) is 0 Å². The molecular weight excluding hydrogens is 150 g/mol. The molecule has 0 aromatic rings. The third-order valence-electron chi connectivity index (χ3n) is 0.932. The Hall–Kier alpha value is -1.39. The molecule has 0 saturated carbocycles. The second kappa shape index (κ2) is 5.40. The molecule has 0 saturated heterocycles. The monoisotopic (exact) mass is 159 g/mol. The summed E-state index contributed by atoms with van der Waals surface area (Å²) in [5.41, 5.74) is 0. The molecule has 11 heavy (non-hydrogen) atoms. The second-order valence-electron chi connectivity index (χ2n) is 1.84. The van der Waals surface area contributed by atoms with Gasteiger partial charge in [-0.2, -0.15) is 0 Å². The zero-order valence-electron chi connectivity index (χ0n) is 5.86. The Kier molecular flexibility index (Phi) is 4.72. The first-order valence-corrected chi connectivity index (χ1v) is 3.09. The maximum atomic E-state index is 9.10. The molecule has 0 fully saturated rings. The summed E-state index contributed by atoms with van der Waals surface area (Å²) in [5, 5.41) is 14.8. The molecule has 62 valence electrons. The molecule has 1 heterocycles. The smallest absolute Gasteiger partial charge is 0.414 e. The zero-order valence-corrected chi connectivity index (χ0v) is 5.86. The Bertz CT molecular complexity index is 157. The summed E-state index contributed by atoms with van der Waals surface area (Å²) in [6, 6.07) is 0. The van der Waals surface area contributed by atoms with E-state index < -0.39 is 11.9 Å². The highest BCUT2D eigenvalue weighted by Gasteiger charge is 2.04. The van der Waals surface area contributed by atoms with Gasteiger partial charge in [0.15, 0.2) is 0 Å². The van der Waals surface area contributed by atoms with Crippen LogP contribution in [-0.2, 0) is 9.59 Å². The minimum absolute atomic E-state index is 1.07. The lowest BCUT2D eigenvalue weighted by atomic mass is 10.4. The van der Waals surface area contributed by atoms with Gasteiger partial charge in [-0.1, -0.05) is 0 Å². The zero-order chi connectivity index (χ0) is 8.69. The highest BCUT2D eigenvalue weighted by atomic mass is 16.4. The van der Waals surface area contributed by atoms with E-state index in [0.29, 0.717) is 0 Å². The van der Waals surface area contributed by atoms with Gasteiger partial charge in [0.2, 0.25) is 0 Å². The number of aliphatic imine (C=N–C) groups is 1. The van der Waals surface area contributed by atoms with Crippen LogP contribution in [0.25, 0.3) is 0 Å². The van der Waals surface area contributed by atoms with Crippen LogP contribution in [0.5, 0.6) is 0 Å². The van der Waals surface area contributed by atoms with Crippen molar-refractivity contribution < 1.29 is 19.8 Å². The van der Waals surface area contributed by atoms with Crippen molar-refractivity contribution in [1.29, 1.82) is 0 Å². The van der Waals surface area contributed by atoms with E-state index in [0.717, 1.165) is 6.54 Å². The van der Waals surface area contributed by atoms with E-state index >= 15 is 0 Å². The number of carbonyl (C=O) groups is 2. The summed E-state index contributed by atoms with van der Waals surface area (Å²) in [6.07, 6.45) is 4.47. The van der Waals surface area contributed by atoms with Gasteiger partial charge in [-0.25, -0.2) is 9.59 Å². The van der Waals surface area contributed by atoms with Crippen molar-refractivity contribution in [3.05, 3.63) is 0 Å². The Morgan fingerprint density at radius 2 is 1.82 bits per heavy atom. The van der Waals surface area contributed by atoms with Gasteiger partial charge in [-0.3, -0.25) is 4.99 Å². The molecule has 5 nitrogen and oxygen atoms in total. The first-order chi connectivity index (χ1) is 5.14. The fourth-order valence-corrected chi connectivity index (χ4v) is 0.456. The standard InChI is InChI=1S/C4H7N.C2H2O4/c1-2-4-5-3-1;3-1(4)2(5)6/h3H,1-2,4H2;(H,3,4)(H,5,6). The third kappa shape index (κ3) is 6.50. The van der Waals surface area contributed by atoms with Gasteiger partial charge in [0, 0.05) is 6.54 Å². The third-order valence-corrected chi connectivity index (χ3v) is 0.932. The predicted molar refractivity (Wildman–Crippen MR) is 37.9 cm³/mol. The van der Waals surface area contributed by atoms with E-state index in [1.807, 2.05) is 6.21 Å². The lowest BCUT2D eigenvalue weighted by Gasteiger charge is -1.72. The topological polar surface area (TPSA) is 87.0 Å². The number of carboxylic acid groups (broad SMARTS) is 2. The average Bonchev–Trinajstić information content (AvgIpc) is 2.41. The predicted octanol–water partition coefficient (Wildman–Crippen LogP) is 0.00660. The highest BCUT2D eigenvalue weighted by Crippen LogP contribution is 1.92. The summed E-state index contributed by atoms with van der Waals surface area (Å²) in [4.78, 5) is 22.2. The van der Waals surface area contributed by atoms with Crippen LogP contribution >= 0.6 is 0 Å². The van der Waals surface area contributed by atoms with Crippen molar-refractivity contribution in [3.63, 3.8) is 0 Å². The molecule has 0 atom stereocenters. The van der Waals surface area contributed by atoms with Crippen molar-refractivity contribution in [2.75, 3.05) is 6.54 Å². The van der Waals surface area contributed by atoms with Gasteiger partial charge in [0.1, 0.15) is 0 Å². The lowest BCUT2D eigenvalue weighted by molar-refractivity contribution is -0.159. The van der Waals surface area contributed by atoms with Crippen molar-refractivity contribution in [2.24, 2.45) is 4.99 Å². The first-order valence-electron chi connectivity index (χ1n) is 3.09. The average molecular weight is 159 g/mol. The van der Waals surface area contributed by atoms with Gasteiger partial charge in [-0.05, 0) is 19.1 Å². The molecular formula is C6H9NO4. The molecule has 0 spiro atoms. The summed E-state index contributed by atoms with van der Waals surface area (Å²) >= 11 is 0. The molecule has 1 aliphatic rings. The van der Waals surface area contributed by atoms with Crippen molar-refractivity contribution >= 4 is 18.2 Å². The first kappa shape index (κ1) is 9.61. The Labute approximate surface area is 63.4 Å². The summed E-state index contributed by atoms with van der Waals surface area (Å²) < 4.78 is 0. The summed E-state index contributed by atoms with van der Waals surface area (Å²) in [6.45, 7) is 1.07. The molecule has 1 aliphatic heterocycles. The van der Waals surface area contributed by atoms with Crippen molar-refractivity contribution in [2.45, 2.75) is 12.8 Å². The normalized spacial score (nSPS) is 13.5. The highest BCUT2D eigenvalue weighted by molar-refractivity contribution is 6.27. The number of hydrogen-bond donors (Lipinski definition) is 2. The number of nitrogens with zero attached hydrogens (tertiary/aromatic N) is 1. The molecule has 0 unspecified atom stereocenters. The van der Waals surface area contributed by atoms with Crippen molar-refractivity contribution in [1.82, 2.24) is 0 Å². The summed E-state index contributed by atoms with van der Waals surface area (Å²) in [5.74, 6) is -3.65. The van der Waals surface area contributed by atoms with Gasteiger partial charge >= 0.3 is 11.9 Å². The number of aliphatic carboxylic acids is 2. The van der Waals surface area contributed by atoms with Gasteiger partial charge < -0.3 is 10.2 Å². The summed E-state index contributed by atoms with van der Waals surface area (Å²) in [7, 11) is 0. The molecule has 0 aliphatic carbocycles. The van der Waals surface area contributed by atoms with E-state index in [9.17, 15) is 0 Å². The van der Waals surface area contributed by atoms with Crippen LogP contribution in [0, 0.1) is 0 Å². The Morgan fingerprint density at radius 3 is 1.91 bits per heavy atom. The van der Waals surface area contributed by atoms with Crippen LogP contribution in [0.2, 0.25) is 0 Å². The fourth-order valence-electron chi connectivity index (χ4n) is 0.456. The molecule has 0 aromatic carbocycles. The number of rotatable bonds is 0. The van der Waals surface area contributed by atoms with E-state index in [2.05, 4.69) is 4.99 Å². The van der Waals surface area contributed by atoms with Crippen LogP contribution < -0.4 is 0 Å². The second-order valence-corrected chi connectivity index (χ2v) is 1.84. The number of hydrogen-bond acceptors (Lipinski definition) is 3. The maximum Gasteiger partial charge on any atom is 0.414 e. The Morgan fingerprint density at radius 1 is 1.27 bits per heavy atom. The molecule has 0 bridgehead atoms. The SMILES string of the molecule is C1=NCCC1.O=C(O)C(=O)O. The van der Waals surface area contributed by atoms with Crippen LogP contribution in [-0.4, -0.2) is 34.9 Å². The maximum absolute atomic E-state index is 9.10. The lowest BCUT2D eigenvalue weighted by Crippen LogP contribution is -2.09. The quantitative estimate of drug-likeness (QED) is 0.487. The van der Waals surface area contributed by atoms with Crippen LogP contribution in [0.15, 0.2) is 4.99 Å². The van der Waals surface area contributed by atoms with E-state index in [4.69, 9.17) is 19.8 Å². The molecule has 0 radical (unpaired) electrons. The van der Waals surface area contributed by atoms with Crippen LogP contribution in [0.1, 0.15) is 12.8 Å². The van der Waals surface area contributed by atoms with Crippen LogP contribution in [0.3, 0.4) is 0 Å². The molecule has 0 aromatic heterocycles. The minimum atomic E-state index is -1.82. The Balaban J connectivity index is 0.000000183. The van der Waals surface area contributed by atoms with Gasteiger partial charge in [-0.15, -0.1) is 0 Å². The molecule has 0 amide bonds. The van der Waals surface area contributed by atoms with E-state index in [1.165, 1.54) is 12.8 Å². The largest absolute Gasteiger partial charge is 0.473 e. The number of carboxylic acids is 2. The van der Waals surface area contributed by atoms with Gasteiger partial charge in [0.25, 0.3) is 0 Å². The van der Waals surface area contributed by atoms with Crippen molar-refractivity contribution in [3.8, 4) is 0 Å². The van der Waals surface area contributed by atoms with E-state index in [1.54, 1.807) is 0 Å².